The van der Waals surface area contributed by atoms with Crippen molar-refractivity contribution >= 4 is 21.9 Å². The molecule has 1 N–H and O–H groups in total. The summed E-state index contributed by atoms with van der Waals surface area (Å²) in [6.07, 6.45) is 3.39. The molecule has 1 fully saturated rings. The Labute approximate surface area is 116 Å². The highest BCUT2D eigenvalue weighted by Gasteiger charge is 2.13. The van der Waals surface area contributed by atoms with Crippen LogP contribution in [0.2, 0.25) is 0 Å². The number of hydrogen-bond acceptors (Lipinski definition) is 2. The van der Waals surface area contributed by atoms with Gasteiger partial charge in [0.15, 0.2) is 0 Å². The lowest BCUT2D eigenvalue weighted by molar-refractivity contribution is -0.136. The summed E-state index contributed by atoms with van der Waals surface area (Å²) >= 11 is 3.59. The number of likely N-dealkylation sites (tertiary alicyclic amines) is 1. The number of carboxylic acids is 1. The minimum atomic E-state index is -0.743. The van der Waals surface area contributed by atoms with Crippen LogP contribution in [0.3, 0.4) is 0 Å². The number of hydrogen-bond donors (Lipinski definition) is 1. The van der Waals surface area contributed by atoms with Gasteiger partial charge < -0.3 is 5.11 Å². The summed E-state index contributed by atoms with van der Waals surface area (Å²) in [7, 11) is 0. The Morgan fingerprint density at radius 1 is 1.33 bits per heavy atom. The van der Waals surface area contributed by atoms with Gasteiger partial charge in [0.05, 0.1) is 0 Å². The van der Waals surface area contributed by atoms with Crippen LogP contribution in [-0.4, -0.2) is 29.1 Å². The van der Waals surface area contributed by atoms with Crippen LogP contribution in [0.5, 0.6) is 0 Å². The van der Waals surface area contributed by atoms with Gasteiger partial charge in [-0.3, -0.25) is 9.69 Å². The van der Waals surface area contributed by atoms with Crippen LogP contribution in [0.15, 0.2) is 22.7 Å². The van der Waals surface area contributed by atoms with Crippen molar-refractivity contribution in [3.63, 3.8) is 0 Å². The molecule has 98 valence electrons. The maximum absolute atomic E-state index is 10.5. The normalized spacial score (nSPS) is 16.1. The van der Waals surface area contributed by atoms with Gasteiger partial charge in [-0.2, -0.15) is 0 Å². The van der Waals surface area contributed by atoms with Gasteiger partial charge in [-0.1, -0.05) is 28.1 Å². The number of carboxylic acid groups (broad SMARTS) is 1. The molecule has 4 heteroatoms. The van der Waals surface area contributed by atoms with Crippen molar-refractivity contribution in [2.75, 3.05) is 13.1 Å². The molecule has 18 heavy (non-hydrogen) atoms. The van der Waals surface area contributed by atoms with Gasteiger partial charge >= 0.3 is 5.97 Å². The topological polar surface area (TPSA) is 40.5 Å². The number of halogens is 1. The van der Waals surface area contributed by atoms with E-state index in [1.54, 1.807) is 0 Å². The first-order valence-electron chi connectivity index (χ1n) is 6.36. The molecule has 0 spiro atoms. The summed E-state index contributed by atoms with van der Waals surface area (Å²) in [5.41, 5.74) is 2.37. The predicted molar refractivity (Wildman–Crippen MR) is 74.6 cm³/mol. The minimum absolute atomic E-state index is 0.192. The van der Waals surface area contributed by atoms with Crippen molar-refractivity contribution in [2.45, 2.75) is 32.2 Å². The first-order chi connectivity index (χ1) is 8.65. The van der Waals surface area contributed by atoms with Crippen LogP contribution in [0, 0.1) is 0 Å². The number of carbonyl (C=O) groups is 1. The van der Waals surface area contributed by atoms with Crippen LogP contribution in [-0.2, 0) is 17.8 Å². The van der Waals surface area contributed by atoms with E-state index in [4.69, 9.17) is 5.11 Å². The molecule has 0 unspecified atom stereocenters. The van der Waals surface area contributed by atoms with Gasteiger partial charge in [0.1, 0.15) is 0 Å². The second-order valence-electron chi connectivity index (χ2n) is 4.80. The Kier molecular flexibility index (Phi) is 4.78. The molecule has 2 rings (SSSR count). The number of nitrogens with zero attached hydrogens (tertiary/aromatic N) is 1. The zero-order valence-corrected chi connectivity index (χ0v) is 11.9. The second-order valence-corrected chi connectivity index (χ2v) is 5.66. The number of benzene rings is 1. The van der Waals surface area contributed by atoms with Crippen LogP contribution >= 0.6 is 15.9 Å². The molecule has 0 aromatic heterocycles. The van der Waals surface area contributed by atoms with Gasteiger partial charge in [0.25, 0.3) is 0 Å². The highest BCUT2D eigenvalue weighted by Crippen LogP contribution is 2.22. The Balaban J connectivity index is 1.97. The summed E-state index contributed by atoms with van der Waals surface area (Å²) in [6, 6.07) is 6.20. The number of aliphatic carboxylic acids is 1. The zero-order chi connectivity index (χ0) is 13.0. The van der Waals surface area contributed by atoms with Crippen LogP contribution in [0.25, 0.3) is 0 Å². The van der Waals surface area contributed by atoms with E-state index in [9.17, 15) is 4.79 Å². The van der Waals surface area contributed by atoms with Crippen LogP contribution < -0.4 is 0 Å². The van der Waals surface area contributed by atoms with E-state index >= 15 is 0 Å². The molecular weight excluding hydrogens is 294 g/mol. The monoisotopic (exact) mass is 311 g/mol. The molecule has 1 aromatic carbocycles. The van der Waals surface area contributed by atoms with E-state index in [-0.39, 0.29) is 6.42 Å². The molecule has 1 heterocycles. The summed E-state index contributed by atoms with van der Waals surface area (Å²) in [6.45, 7) is 3.36. The number of aryl methyl sites for hydroxylation is 1. The first kappa shape index (κ1) is 13.6. The van der Waals surface area contributed by atoms with E-state index in [1.165, 1.54) is 31.5 Å². The molecular formula is C14H18BrNO2. The fourth-order valence-corrected chi connectivity index (χ4v) is 2.86. The molecule has 0 radical (unpaired) electrons. The van der Waals surface area contributed by atoms with E-state index in [2.05, 4.69) is 26.9 Å². The second kappa shape index (κ2) is 6.34. The third-order valence-electron chi connectivity index (χ3n) is 3.34. The van der Waals surface area contributed by atoms with E-state index in [1.807, 2.05) is 12.1 Å². The molecule has 1 aliphatic rings. The van der Waals surface area contributed by atoms with E-state index in [0.29, 0.717) is 6.42 Å². The zero-order valence-electron chi connectivity index (χ0n) is 10.4. The van der Waals surface area contributed by atoms with Gasteiger partial charge in [-0.15, -0.1) is 0 Å². The van der Waals surface area contributed by atoms with Crippen molar-refractivity contribution in [3.05, 3.63) is 33.8 Å². The molecule has 0 atom stereocenters. The lowest BCUT2D eigenvalue weighted by Crippen LogP contribution is -2.18. The van der Waals surface area contributed by atoms with Gasteiger partial charge in [-0.25, -0.2) is 0 Å². The SMILES string of the molecule is O=C(O)CCc1ccc(CN2CCCC2)c(Br)c1. The van der Waals surface area contributed by atoms with Crippen LogP contribution in [0.4, 0.5) is 0 Å². The lowest BCUT2D eigenvalue weighted by Gasteiger charge is -2.16. The van der Waals surface area contributed by atoms with Crippen molar-refractivity contribution < 1.29 is 9.90 Å². The average Bonchev–Trinajstić information content (AvgIpc) is 2.82. The van der Waals surface area contributed by atoms with Crippen LogP contribution in [0.1, 0.15) is 30.4 Å². The van der Waals surface area contributed by atoms with Crippen molar-refractivity contribution in [1.82, 2.24) is 4.90 Å². The molecule has 0 aliphatic carbocycles. The van der Waals surface area contributed by atoms with Gasteiger partial charge in [-0.05, 0) is 49.5 Å². The van der Waals surface area contributed by atoms with Crippen molar-refractivity contribution in [2.24, 2.45) is 0 Å². The molecule has 0 bridgehead atoms. The Hall–Kier alpha value is -0.870. The lowest BCUT2D eigenvalue weighted by atomic mass is 10.1. The summed E-state index contributed by atoms with van der Waals surface area (Å²) in [5, 5.41) is 8.67. The summed E-state index contributed by atoms with van der Waals surface area (Å²) in [5.74, 6) is -0.743. The van der Waals surface area contributed by atoms with Gasteiger partial charge in [0, 0.05) is 17.4 Å². The van der Waals surface area contributed by atoms with Gasteiger partial charge in [0.2, 0.25) is 0 Å². The van der Waals surface area contributed by atoms with E-state index < -0.39 is 5.97 Å². The molecule has 1 saturated heterocycles. The maximum Gasteiger partial charge on any atom is 0.303 e. The average molecular weight is 312 g/mol. The molecule has 1 aromatic rings. The minimum Gasteiger partial charge on any atom is -0.481 e. The third-order valence-corrected chi connectivity index (χ3v) is 4.08. The smallest absolute Gasteiger partial charge is 0.303 e. The molecule has 1 aliphatic heterocycles. The maximum atomic E-state index is 10.5. The van der Waals surface area contributed by atoms with E-state index in [0.717, 1.165) is 16.6 Å². The quantitative estimate of drug-likeness (QED) is 0.908. The van der Waals surface area contributed by atoms with Crippen molar-refractivity contribution in [1.29, 1.82) is 0 Å². The Bertz CT molecular complexity index is 428. The standard InChI is InChI=1S/C14H18BrNO2/c15-13-9-11(4-6-14(17)18)3-5-12(13)10-16-7-1-2-8-16/h3,5,9H,1-2,4,6-8,10H2,(H,17,18). The summed E-state index contributed by atoms with van der Waals surface area (Å²) in [4.78, 5) is 13.0. The number of rotatable bonds is 5. The molecule has 0 saturated carbocycles. The summed E-state index contributed by atoms with van der Waals surface area (Å²) < 4.78 is 1.09. The Morgan fingerprint density at radius 2 is 2.06 bits per heavy atom. The first-order valence-corrected chi connectivity index (χ1v) is 7.16. The largest absolute Gasteiger partial charge is 0.481 e. The highest BCUT2D eigenvalue weighted by molar-refractivity contribution is 9.10. The fourth-order valence-electron chi connectivity index (χ4n) is 2.31. The highest BCUT2D eigenvalue weighted by atomic mass is 79.9. The third kappa shape index (κ3) is 3.82. The Morgan fingerprint density at radius 3 is 2.67 bits per heavy atom. The fraction of sp³-hybridized carbons (Fsp3) is 0.500. The predicted octanol–water partition coefficient (Wildman–Crippen LogP) is 3.06. The molecule has 3 nitrogen and oxygen atoms in total. The molecule has 0 amide bonds. The van der Waals surface area contributed by atoms with Crippen molar-refractivity contribution in [3.8, 4) is 0 Å².